The number of halogens is 1. The van der Waals surface area contributed by atoms with E-state index in [-0.39, 0.29) is 11.9 Å². The molecular weight excluding hydrogens is 153 g/mol. The molecule has 1 atom stereocenters. The minimum Gasteiger partial charge on any atom is -0.324 e. The maximum absolute atomic E-state index is 13.0. The molecule has 0 saturated heterocycles. The highest BCUT2D eigenvalue weighted by molar-refractivity contribution is 5.37. The van der Waals surface area contributed by atoms with Crippen molar-refractivity contribution >= 4 is 0 Å². The van der Waals surface area contributed by atoms with Crippen LogP contribution in [0, 0.1) is 18.2 Å². The van der Waals surface area contributed by atoms with Gasteiger partial charge in [0.05, 0.1) is 0 Å². The van der Waals surface area contributed by atoms with E-state index in [9.17, 15) is 4.39 Å². The monoisotopic (exact) mass is 163 g/mol. The first-order chi connectivity index (χ1) is 5.65. The van der Waals surface area contributed by atoms with Crippen LogP contribution in [0.3, 0.4) is 0 Å². The number of terminal acetylenes is 1. The van der Waals surface area contributed by atoms with Crippen LogP contribution in [-0.2, 0) is 0 Å². The number of nitrogens with two attached hydrogens (primary N) is 1. The lowest BCUT2D eigenvalue weighted by molar-refractivity contribution is 0.593. The zero-order valence-corrected chi connectivity index (χ0v) is 6.84. The zero-order valence-electron chi connectivity index (χ0n) is 6.84. The second-order valence-corrected chi connectivity index (χ2v) is 2.67. The number of benzene rings is 1. The Morgan fingerprint density at radius 1 is 1.58 bits per heavy atom. The van der Waals surface area contributed by atoms with Crippen LogP contribution in [0.25, 0.3) is 0 Å². The van der Waals surface area contributed by atoms with E-state index in [0.717, 1.165) is 0 Å². The quantitative estimate of drug-likeness (QED) is 0.628. The van der Waals surface area contributed by atoms with Crippen molar-refractivity contribution in [2.45, 2.75) is 13.0 Å². The number of rotatable bonds is 1. The van der Waals surface area contributed by atoms with Crippen molar-refractivity contribution in [2.75, 3.05) is 0 Å². The maximum Gasteiger partial charge on any atom is 0.128 e. The molecule has 62 valence electrons. The average Bonchev–Trinajstić information content (AvgIpc) is 2.05. The SMILES string of the molecule is C#Cc1ccc(F)c([C@@H](C)N)c1. The first-order valence-electron chi connectivity index (χ1n) is 3.67. The Hall–Kier alpha value is -1.33. The van der Waals surface area contributed by atoms with E-state index in [0.29, 0.717) is 11.1 Å². The average molecular weight is 163 g/mol. The smallest absolute Gasteiger partial charge is 0.128 e. The highest BCUT2D eigenvalue weighted by Crippen LogP contribution is 2.15. The van der Waals surface area contributed by atoms with E-state index in [2.05, 4.69) is 5.92 Å². The van der Waals surface area contributed by atoms with Crippen LogP contribution < -0.4 is 5.73 Å². The maximum atomic E-state index is 13.0. The topological polar surface area (TPSA) is 26.0 Å². The van der Waals surface area contributed by atoms with Crippen molar-refractivity contribution in [1.82, 2.24) is 0 Å². The first-order valence-corrected chi connectivity index (χ1v) is 3.67. The van der Waals surface area contributed by atoms with Crippen molar-refractivity contribution in [3.05, 3.63) is 35.1 Å². The van der Waals surface area contributed by atoms with Crippen molar-refractivity contribution in [1.29, 1.82) is 0 Å². The molecule has 0 fully saturated rings. The van der Waals surface area contributed by atoms with Gasteiger partial charge in [-0.05, 0) is 25.1 Å². The lowest BCUT2D eigenvalue weighted by Gasteiger charge is -2.06. The molecule has 0 saturated carbocycles. The zero-order chi connectivity index (χ0) is 9.14. The Morgan fingerprint density at radius 3 is 2.75 bits per heavy atom. The number of hydrogen-bond acceptors (Lipinski definition) is 1. The third-order valence-corrected chi connectivity index (χ3v) is 1.65. The molecule has 0 unspecified atom stereocenters. The Morgan fingerprint density at radius 2 is 2.25 bits per heavy atom. The van der Waals surface area contributed by atoms with Gasteiger partial charge in [-0.1, -0.05) is 5.92 Å². The molecule has 1 aromatic carbocycles. The highest BCUT2D eigenvalue weighted by Gasteiger charge is 2.06. The van der Waals surface area contributed by atoms with Gasteiger partial charge in [-0.15, -0.1) is 6.42 Å². The largest absolute Gasteiger partial charge is 0.324 e. The Labute approximate surface area is 71.4 Å². The molecule has 0 bridgehead atoms. The summed E-state index contributed by atoms with van der Waals surface area (Å²) in [5.74, 6) is 2.13. The van der Waals surface area contributed by atoms with E-state index >= 15 is 0 Å². The minimum absolute atomic E-state index is 0.302. The van der Waals surface area contributed by atoms with Crippen LogP contribution >= 0.6 is 0 Å². The van der Waals surface area contributed by atoms with E-state index in [1.807, 2.05) is 0 Å². The summed E-state index contributed by atoms with van der Waals surface area (Å²) in [5, 5.41) is 0. The third kappa shape index (κ3) is 1.63. The van der Waals surface area contributed by atoms with Gasteiger partial charge >= 0.3 is 0 Å². The van der Waals surface area contributed by atoms with Crippen molar-refractivity contribution in [3.8, 4) is 12.3 Å². The lowest BCUT2D eigenvalue weighted by atomic mass is 10.1. The second-order valence-electron chi connectivity index (χ2n) is 2.67. The van der Waals surface area contributed by atoms with Crippen molar-refractivity contribution < 1.29 is 4.39 Å². The van der Waals surface area contributed by atoms with Gasteiger partial charge in [-0.3, -0.25) is 0 Å². The van der Waals surface area contributed by atoms with Crippen LogP contribution in [-0.4, -0.2) is 0 Å². The molecule has 0 aliphatic carbocycles. The Balaban J connectivity index is 3.19. The molecule has 0 aliphatic heterocycles. The van der Waals surface area contributed by atoms with Gasteiger partial charge in [0.25, 0.3) is 0 Å². The first kappa shape index (κ1) is 8.76. The Bertz CT molecular complexity index is 323. The fourth-order valence-corrected chi connectivity index (χ4v) is 0.982. The molecule has 12 heavy (non-hydrogen) atoms. The molecule has 1 aromatic rings. The molecule has 0 amide bonds. The molecule has 0 aliphatic rings. The summed E-state index contributed by atoms with van der Waals surface area (Å²) in [6, 6.07) is 4.17. The minimum atomic E-state index is -0.321. The fraction of sp³-hybridized carbons (Fsp3) is 0.200. The van der Waals surface area contributed by atoms with Crippen LogP contribution in [0.4, 0.5) is 4.39 Å². The summed E-state index contributed by atoms with van der Waals surface area (Å²) in [4.78, 5) is 0. The normalized spacial score (nSPS) is 12.2. The van der Waals surface area contributed by atoms with E-state index < -0.39 is 0 Å². The standard InChI is InChI=1S/C10H10FN/c1-3-8-4-5-10(11)9(6-8)7(2)12/h1,4-7H,12H2,2H3/t7-/m1/s1. The molecular formula is C10H10FN. The summed E-state index contributed by atoms with van der Waals surface area (Å²) < 4.78 is 13.0. The lowest BCUT2D eigenvalue weighted by Crippen LogP contribution is -2.07. The van der Waals surface area contributed by atoms with Crippen molar-refractivity contribution in [3.63, 3.8) is 0 Å². The Kier molecular flexibility index (Phi) is 2.47. The van der Waals surface area contributed by atoms with Gasteiger partial charge in [0.15, 0.2) is 0 Å². The summed E-state index contributed by atoms with van der Waals surface area (Å²) in [7, 11) is 0. The van der Waals surface area contributed by atoms with E-state index in [1.165, 1.54) is 6.07 Å². The van der Waals surface area contributed by atoms with Crippen LogP contribution in [0.1, 0.15) is 24.1 Å². The second kappa shape index (κ2) is 3.38. The summed E-state index contributed by atoms with van der Waals surface area (Å²) >= 11 is 0. The van der Waals surface area contributed by atoms with Crippen LogP contribution in [0.15, 0.2) is 18.2 Å². The summed E-state index contributed by atoms with van der Waals surface area (Å²) in [5.41, 5.74) is 6.65. The van der Waals surface area contributed by atoms with Gasteiger partial charge in [0.1, 0.15) is 5.82 Å². The van der Waals surface area contributed by atoms with Gasteiger partial charge in [0, 0.05) is 17.2 Å². The van der Waals surface area contributed by atoms with Gasteiger partial charge in [-0.2, -0.15) is 0 Å². The molecule has 0 heterocycles. The van der Waals surface area contributed by atoms with Crippen LogP contribution in [0.5, 0.6) is 0 Å². The van der Waals surface area contributed by atoms with Gasteiger partial charge in [0.2, 0.25) is 0 Å². The number of hydrogen-bond donors (Lipinski definition) is 1. The highest BCUT2D eigenvalue weighted by atomic mass is 19.1. The fourth-order valence-electron chi connectivity index (χ4n) is 0.982. The third-order valence-electron chi connectivity index (χ3n) is 1.65. The molecule has 1 rings (SSSR count). The predicted molar refractivity (Wildman–Crippen MR) is 46.9 cm³/mol. The molecule has 0 radical (unpaired) electrons. The summed E-state index contributed by atoms with van der Waals surface area (Å²) in [6.45, 7) is 1.72. The van der Waals surface area contributed by atoms with E-state index in [1.54, 1.807) is 19.1 Å². The van der Waals surface area contributed by atoms with Gasteiger partial charge < -0.3 is 5.73 Å². The molecule has 2 N–H and O–H groups in total. The molecule has 1 nitrogen and oxygen atoms in total. The predicted octanol–water partition coefficient (Wildman–Crippen LogP) is 1.83. The van der Waals surface area contributed by atoms with Crippen molar-refractivity contribution in [2.24, 2.45) is 5.73 Å². The molecule has 0 spiro atoms. The van der Waals surface area contributed by atoms with Gasteiger partial charge in [-0.25, -0.2) is 4.39 Å². The molecule has 2 heteroatoms. The van der Waals surface area contributed by atoms with E-state index in [4.69, 9.17) is 12.2 Å². The molecule has 0 aromatic heterocycles. The summed E-state index contributed by atoms with van der Waals surface area (Å²) in [6.07, 6.45) is 5.16. The van der Waals surface area contributed by atoms with Crippen LogP contribution in [0.2, 0.25) is 0 Å².